The van der Waals surface area contributed by atoms with Gasteiger partial charge in [0.2, 0.25) is 0 Å². The number of ether oxygens (including phenoxy) is 1. The summed E-state index contributed by atoms with van der Waals surface area (Å²) in [5.74, 6) is -0.533. The minimum Gasteiger partial charge on any atom is -0.492 e. The van der Waals surface area contributed by atoms with Crippen LogP contribution in [-0.2, 0) is 0 Å². The van der Waals surface area contributed by atoms with Gasteiger partial charge in [0.05, 0.1) is 23.9 Å². The Balaban J connectivity index is 2.86. The van der Waals surface area contributed by atoms with E-state index >= 15 is 0 Å². The number of aromatic amines is 1. The lowest BCUT2D eigenvalue weighted by Gasteiger charge is -2.07. The Bertz CT molecular complexity index is 531. The summed E-state index contributed by atoms with van der Waals surface area (Å²) < 4.78 is 5.10. The summed E-state index contributed by atoms with van der Waals surface area (Å²) in [6.45, 7) is 0. The van der Waals surface area contributed by atoms with Crippen molar-refractivity contribution in [3.63, 3.8) is 0 Å². The molecule has 0 aliphatic carbocycles. The van der Waals surface area contributed by atoms with E-state index in [1.807, 2.05) is 0 Å². The Morgan fingerprint density at radius 1 is 1.60 bits per heavy atom. The molecule has 0 saturated carbocycles. The molecule has 1 aromatic carbocycles. The number of nitrogens with one attached hydrogen (secondary N) is 1. The van der Waals surface area contributed by atoms with Gasteiger partial charge in [-0.1, -0.05) is 0 Å². The Labute approximate surface area is 85.5 Å². The molecule has 2 aromatic rings. The van der Waals surface area contributed by atoms with Gasteiger partial charge in [-0.2, -0.15) is 0 Å². The van der Waals surface area contributed by atoms with Crippen LogP contribution in [0.5, 0.6) is 5.75 Å². The van der Waals surface area contributed by atoms with Gasteiger partial charge in [0.15, 0.2) is 5.75 Å². The first-order chi connectivity index (χ1) is 7.15. The summed E-state index contributed by atoms with van der Waals surface area (Å²) in [6, 6.07) is 3.08. The number of carboxylic acid groups (broad SMARTS) is 1. The Morgan fingerprint density at radius 2 is 2.33 bits per heavy atom. The van der Waals surface area contributed by atoms with Crippen LogP contribution < -0.4 is 10.5 Å². The fourth-order valence-electron chi connectivity index (χ4n) is 1.62. The van der Waals surface area contributed by atoms with E-state index in [1.54, 1.807) is 12.3 Å². The van der Waals surface area contributed by atoms with Crippen LogP contribution in [0.15, 0.2) is 18.3 Å². The zero-order chi connectivity index (χ0) is 11.0. The van der Waals surface area contributed by atoms with Crippen LogP contribution >= 0.6 is 0 Å². The number of anilines is 1. The van der Waals surface area contributed by atoms with Crippen LogP contribution in [0, 0.1) is 0 Å². The molecule has 0 unspecified atom stereocenters. The monoisotopic (exact) mass is 206 g/mol. The van der Waals surface area contributed by atoms with Crippen molar-refractivity contribution in [1.82, 2.24) is 4.98 Å². The minimum absolute atomic E-state index is 0.171. The van der Waals surface area contributed by atoms with Gasteiger partial charge < -0.3 is 20.6 Å². The molecule has 0 bridgehead atoms. The highest BCUT2D eigenvalue weighted by molar-refractivity contribution is 6.07. The number of aromatic nitrogens is 1. The van der Waals surface area contributed by atoms with Crippen molar-refractivity contribution < 1.29 is 14.6 Å². The number of fused-ring (bicyclic) bond motifs is 1. The second kappa shape index (κ2) is 3.20. The third-order valence-corrected chi connectivity index (χ3v) is 2.26. The van der Waals surface area contributed by atoms with Gasteiger partial charge in [0, 0.05) is 11.6 Å². The van der Waals surface area contributed by atoms with Crippen LogP contribution in [0.3, 0.4) is 0 Å². The van der Waals surface area contributed by atoms with Crippen molar-refractivity contribution >= 4 is 22.6 Å². The van der Waals surface area contributed by atoms with Crippen LogP contribution in [0.2, 0.25) is 0 Å². The SMILES string of the molecule is COc1c(N)cc(C(=O)O)c2cc[nH]c12. The lowest BCUT2D eigenvalue weighted by molar-refractivity contribution is 0.0699. The molecule has 5 nitrogen and oxygen atoms in total. The van der Waals surface area contributed by atoms with Crippen molar-refractivity contribution in [1.29, 1.82) is 0 Å². The molecule has 78 valence electrons. The highest BCUT2D eigenvalue weighted by Gasteiger charge is 2.15. The maximum Gasteiger partial charge on any atom is 0.336 e. The summed E-state index contributed by atoms with van der Waals surface area (Å²) in [5.41, 5.74) is 6.77. The predicted molar refractivity (Wildman–Crippen MR) is 56.2 cm³/mol. The highest BCUT2D eigenvalue weighted by atomic mass is 16.5. The lowest BCUT2D eigenvalue weighted by atomic mass is 10.1. The predicted octanol–water partition coefficient (Wildman–Crippen LogP) is 1.46. The van der Waals surface area contributed by atoms with E-state index in [0.717, 1.165) is 0 Å². The summed E-state index contributed by atoms with van der Waals surface area (Å²) >= 11 is 0. The van der Waals surface area contributed by atoms with Crippen LogP contribution in [-0.4, -0.2) is 23.2 Å². The Kier molecular flexibility index (Phi) is 2.00. The molecule has 4 N–H and O–H groups in total. The molecule has 15 heavy (non-hydrogen) atoms. The molecular formula is C10H10N2O3. The average molecular weight is 206 g/mol. The van der Waals surface area contributed by atoms with Crippen molar-refractivity contribution in [3.8, 4) is 5.75 Å². The molecule has 5 heteroatoms. The first-order valence-electron chi connectivity index (χ1n) is 4.32. The van der Waals surface area contributed by atoms with Crippen LogP contribution in [0.25, 0.3) is 10.9 Å². The second-order valence-corrected chi connectivity index (χ2v) is 3.12. The second-order valence-electron chi connectivity index (χ2n) is 3.12. The van der Waals surface area contributed by atoms with E-state index in [4.69, 9.17) is 15.6 Å². The van der Waals surface area contributed by atoms with Crippen molar-refractivity contribution in [2.45, 2.75) is 0 Å². The molecular weight excluding hydrogens is 196 g/mol. The summed E-state index contributed by atoms with van der Waals surface area (Å²) in [6.07, 6.45) is 1.65. The molecule has 0 aliphatic rings. The number of rotatable bonds is 2. The molecule has 0 aliphatic heterocycles. The van der Waals surface area contributed by atoms with Crippen molar-refractivity contribution in [2.75, 3.05) is 12.8 Å². The molecule has 0 saturated heterocycles. The number of hydrogen-bond donors (Lipinski definition) is 3. The first-order valence-corrected chi connectivity index (χ1v) is 4.32. The molecule has 0 fully saturated rings. The van der Waals surface area contributed by atoms with Gasteiger partial charge in [-0.05, 0) is 12.1 Å². The fraction of sp³-hybridized carbons (Fsp3) is 0.100. The molecule has 1 heterocycles. The molecule has 0 atom stereocenters. The zero-order valence-corrected chi connectivity index (χ0v) is 8.07. The van der Waals surface area contributed by atoms with Gasteiger partial charge in [-0.15, -0.1) is 0 Å². The van der Waals surface area contributed by atoms with Crippen molar-refractivity contribution in [2.24, 2.45) is 0 Å². The van der Waals surface area contributed by atoms with E-state index in [2.05, 4.69) is 4.98 Å². The molecule has 1 aromatic heterocycles. The molecule has 0 amide bonds. The molecule has 0 radical (unpaired) electrons. The number of nitrogen functional groups attached to an aromatic ring is 1. The lowest BCUT2D eigenvalue weighted by Crippen LogP contribution is -2.01. The number of methoxy groups -OCH3 is 1. The Hall–Kier alpha value is -2.17. The topological polar surface area (TPSA) is 88.3 Å². The minimum atomic E-state index is -1.01. The average Bonchev–Trinajstić information content (AvgIpc) is 2.64. The van der Waals surface area contributed by atoms with Gasteiger partial charge in [0.1, 0.15) is 0 Å². The van der Waals surface area contributed by atoms with E-state index < -0.39 is 5.97 Å². The number of aromatic carboxylic acids is 1. The third kappa shape index (κ3) is 1.28. The standard InChI is InChI=1S/C10H10N2O3/c1-15-9-7(11)4-6(10(13)14)5-2-3-12-8(5)9/h2-4,12H,11H2,1H3,(H,13,14). The normalized spacial score (nSPS) is 10.5. The molecule has 2 rings (SSSR count). The Morgan fingerprint density at radius 3 is 2.93 bits per heavy atom. The van der Waals surface area contributed by atoms with Gasteiger partial charge in [-0.3, -0.25) is 0 Å². The number of hydrogen-bond acceptors (Lipinski definition) is 3. The van der Waals surface area contributed by atoms with E-state index in [-0.39, 0.29) is 5.56 Å². The van der Waals surface area contributed by atoms with E-state index in [9.17, 15) is 4.79 Å². The number of nitrogens with two attached hydrogens (primary N) is 1. The van der Waals surface area contributed by atoms with Crippen LogP contribution in [0.4, 0.5) is 5.69 Å². The third-order valence-electron chi connectivity index (χ3n) is 2.26. The fourth-order valence-corrected chi connectivity index (χ4v) is 1.62. The van der Waals surface area contributed by atoms with Gasteiger partial charge >= 0.3 is 5.97 Å². The first kappa shape index (κ1) is 9.39. The van der Waals surface area contributed by atoms with Crippen molar-refractivity contribution in [3.05, 3.63) is 23.9 Å². The van der Waals surface area contributed by atoms with Gasteiger partial charge in [-0.25, -0.2) is 4.79 Å². The number of carbonyl (C=O) groups is 1. The largest absolute Gasteiger partial charge is 0.492 e. The molecule has 0 spiro atoms. The smallest absolute Gasteiger partial charge is 0.336 e. The quantitative estimate of drug-likeness (QED) is 0.649. The van der Waals surface area contributed by atoms with Gasteiger partial charge in [0.25, 0.3) is 0 Å². The van der Waals surface area contributed by atoms with E-state index in [1.165, 1.54) is 13.2 Å². The summed E-state index contributed by atoms with van der Waals surface area (Å²) in [5, 5.41) is 9.57. The maximum absolute atomic E-state index is 11.0. The number of carboxylic acids is 1. The number of benzene rings is 1. The van der Waals surface area contributed by atoms with E-state index in [0.29, 0.717) is 22.3 Å². The highest BCUT2D eigenvalue weighted by Crippen LogP contribution is 2.33. The number of H-pyrrole nitrogens is 1. The summed E-state index contributed by atoms with van der Waals surface area (Å²) in [7, 11) is 1.49. The zero-order valence-electron chi connectivity index (χ0n) is 8.07. The summed E-state index contributed by atoms with van der Waals surface area (Å²) in [4.78, 5) is 13.9. The van der Waals surface area contributed by atoms with Crippen LogP contribution in [0.1, 0.15) is 10.4 Å². The maximum atomic E-state index is 11.0.